The number of rotatable bonds is 2. The van der Waals surface area contributed by atoms with Crippen LogP contribution in [-0.2, 0) is 0 Å². The third-order valence-corrected chi connectivity index (χ3v) is 3.31. The monoisotopic (exact) mass is 248 g/mol. The molecule has 0 saturated carbocycles. The average Bonchev–Trinajstić information content (AvgIpc) is 2.47. The van der Waals surface area contributed by atoms with Crippen molar-refractivity contribution >= 4 is 16.5 Å². The van der Waals surface area contributed by atoms with E-state index in [1.54, 1.807) is 0 Å². The van der Waals surface area contributed by atoms with Gasteiger partial charge in [-0.15, -0.1) is 0 Å². The van der Waals surface area contributed by atoms with Crippen LogP contribution in [0.3, 0.4) is 0 Å². The van der Waals surface area contributed by atoms with Crippen molar-refractivity contribution in [1.29, 1.82) is 0 Å². The van der Waals surface area contributed by atoms with E-state index in [4.69, 9.17) is 0 Å². The van der Waals surface area contributed by atoms with Crippen LogP contribution in [0, 0.1) is 0 Å². The maximum atomic E-state index is 4.56. The Kier molecular flexibility index (Phi) is 2.92. The van der Waals surface area contributed by atoms with Crippen molar-refractivity contribution in [3.05, 3.63) is 60.8 Å². The third-order valence-electron chi connectivity index (χ3n) is 3.31. The van der Waals surface area contributed by atoms with Gasteiger partial charge >= 0.3 is 0 Å². The zero-order valence-electron chi connectivity index (χ0n) is 11.2. The van der Waals surface area contributed by atoms with Gasteiger partial charge in [0.2, 0.25) is 0 Å². The molecule has 0 aliphatic heterocycles. The topological polar surface area (TPSA) is 16.1 Å². The van der Waals surface area contributed by atoms with E-state index in [1.165, 1.54) is 16.5 Å². The molecule has 2 nitrogen and oxygen atoms in total. The molecule has 0 fully saturated rings. The fourth-order valence-electron chi connectivity index (χ4n) is 2.28. The zero-order valence-corrected chi connectivity index (χ0v) is 11.2. The summed E-state index contributed by atoms with van der Waals surface area (Å²) in [7, 11) is 4.10. The van der Waals surface area contributed by atoms with Gasteiger partial charge in [0.1, 0.15) is 0 Å². The van der Waals surface area contributed by atoms with E-state index in [-0.39, 0.29) is 0 Å². The fourth-order valence-corrected chi connectivity index (χ4v) is 2.28. The van der Waals surface area contributed by atoms with E-state index >= 15 is 0 Å². The molecule has 0 saturated heterocycles. The molecule has 2 heteroatoms. The number of fused-ring (bicyclic) bond motifs is 1. The third kappa shape index (κ3) is 2.17. The molecule has 1 heterocycles. The number of benzene rings is 2. The number of pyridine rings is 1. The van der Waals surface area contributed by atoms with E-state index in [0.29, 0.717) is 0 Å². The molecule has 0 spiro atoms. The molecular weight excluding hydrogens is 232 g/mol. The highest BCUT2D eigenvalue weighted by molar-refractivity contribution is 5.94. The van der Waals surface area contributed by atoms with Gasteiger partial charge in [-0.1, -0.05) is 36.4 Å². The summed E-state index contributed by atoms with van der Waals surface area (Å²) in [6.07, 6.45) is 1.88. The highest BCUT2D eigenvalue weighted by atomic mass is 15.1. The minimum Gasteiger partial charge on any atom is -0.378 e. The van der Waals surface area contributed by atoms with Crippen LogP contribution in [0.5, 0.6) is 0 Å². The second-order valence-corrected chi connectivity index (χ2v) is 4.83. The highest BCUT2D eigenvalue weighted by Gasteiger charge is 2.06. The van der Waals surface area contributed by atoms with Crippen molar-refractivity contribution in [2.75, 3.05) is 19.0 Å². The van der Waals surface area contributed by atoms with Gasteiger partial charge in [-0.2, -0.15) is 0 Å². The molecule has 19 heavy (non-hydrogen) atoms. The van der Waals surface area contributed by atoms with Gasteiger partial charge < -0.3 is 4.90 Å². The van der Waals surface area contributed by atoms with E-state index in [1.807, 2.05) is 6.20 Å². The van der Waals surface area contributed by atoms with E-state index in [2.05, 4.69) is 78.6 Å². The predicted molar refractivity (Wildman–Crippen MR) is 81.5 cm³/mol. The Morgan fingerprint density at radius 3 is 2.58 bits per heavy atom. The standard InChI is InChI=1S/C17H16N2/c1-19(2)15-8-5-7-14(12-15)17-16-9-4-3-6-13(16)10-11-18-17/h3-12H,1-2H3. The van der Waals surface area contributed by atoms with Crippen LogP contribution < -0.4 is 4.90 Å². The molecule has 0 N–H and O–H groups in total. The number of anilines is 1. The molecule has 0 amide bonds. The minimum atomic E-state index is 1.04. The summed E-state index contributed by atoms with van der Waals surface area (Å²) in [6.45, 7) is 0. The Labute approximate surface area is 113 Å². The lowest BCUT2D eigenvalue weighted by Gasteiger charge is -2.14. The fraction of sp³-hybridized carbons (Fsp3) is 0.118. The van der Waals surface area contributed by atoms with Gasteiger partial charge in [-0.05, 0) is 23.6 Å². The first-order valence-corrected chi connectivity index (χ1v) is 6.37. The van der Waals surface area contributed by atoms with Crippen molar-refractivity contribution in [2.24, 2.45) is 0 Å². The molecule has 0 aliphatic carbocycles. The van der Waals surface area contributed by atoms with Crippen LogP contribution in [0.2, 0.25) is 0 Å². The van der Waals surface area contributed by atoms with Crippen LogP contribution in [0.25, 0.3) is 22.0 Å². The number of aromatic nitrogens is 1. The van der Waals surface area contributed by atoms with Gasteiger partial charge in [0.05, 0.1) is 5.69 Å². The molecule has 0 radical (unpaired) electrons. The van der Waals surface area contributed by atoms with E-state index in [0.717, 1.165) is 11.3 Å². The zero-order chi connectivity index (χ0) is 13.2. The molecule has 0 atom stereocenters. The summed E-state index contributed by atoms with van der Waals surface area (Å²) >= 11 is 0. The quantitative estimate of drug-likeness (QED) is 0.682. The van der Waals surface area contributed by atoms with Gasteiger partial charge in [-0.3, -0.25) is 4.98 Å². The van der Waals surface area contributed by atoms with Gasteiger partial charge in [0.15, 0.2) is 0 Å². The van der Waals surface area contributed by atoms with Crippen molar-refractivity contribution < 1.29 is 0 Å². The van der Waals surface area contributed by atoms with Crippen LogP contribution >= 0.6 is 0 Å². The Balaban J connectivity index is 2.22. The Bertz CT molecular complexity index is 712. The first-order valence-electron chi connectivity index (χ1n) is 6.37. The predicted octanol–water partition coefficient (Wildman–Crippen LogP) is 3.97. The number of hydrogen-bond donors (Lipinski definition) is 0. The Morgan fingerprint density at radius 1 is 0.895 bits per heavy atom. The maximum absolute atomic E-state index is 4.56. The van der Waals surface area contributed by atoms with Crippen molar-refractivity contribution in [2.45, 2.75) is 0 Å². The lowest BCUT2D eigenvalue weighted by Crippen LogP contribution is -2.08. The number of nitrogens with zero attached hydrogens (tertiary/aromatic N) is 2. The molecule has 0 aliphatic rings. The summed E-state index contributed by atoms with van der Waals surface area (Å²) in [4.78, 5) is 6.66. The van der Waals surface area contributed by atoms with Gasteiger partial charge in [-0.25, -0.2) is 0 Å². The molecule has 3 aromatic rings. The molecule has 94 valence electrons. The van der Waals surface area contributed by atoms with Gasteiger partial charge in [0.25, 0.3) is 0 Å². The molecule has 0 unspecified atom stereocenters. The maximum Gasteiger partial charge on any atom is 0.0781 e. The van der Waals surface area contributed by atoms with Crippen molar-refractivity contribution in [3.63, 3.8) is 0 Å². The van der Waals surface area contributed by atoms with Gasteiger partial charge in [0, 0.05) is 36.9 Å². The molecule has 2 aromatic carbocycles. The molecule has 0 bridgehead atoms. The summed E-state index contributed by atoms with van der Waals surface area (Å²) in [5.74, 6) is 0. The Morgan fingerprint density at radius 2 is 1.74 bits per heavy atom. The van der Waals surface area contributed by atoms with E-state index < -0.39 is 0 Å². The first-order chi connectivity index (χ1) is 9.25. The highest BCUT2D eigenvalue weighted by Crippen LogP contribution is 2.28. The summed E-state index contributed by atoms with van der Waals surface area (Å²) < 4.78 is 0. The normalized spacial score (nSPS) is 10.6. The average molecular weight is 248 g/mol. The lowest BCUT2D eigenvalue weighted by atomic mass is 10.0. The second-order valence-electron chi connectivity index (χ2n) is 4.83. The minimum absolute atomic E-state index is 1.04. The largest absolute Gasteiger partial charge is 0.378 e. The molecule has 3 rings (SSSR count). The Hall–Kier alpha value is -2.35. The van der Waals surface area contributed by atoms with Crippen molar-refractivity contribution in [1.82, 2.24) is 4.98 Å². The smallest absolute Gasteiger partial charge is 0.0781 e. The van der Waals surface area contributed by atoms with Crippen LogP contribution in [0.15, 0.2) is 60.8 Å². The molecule has 1 aromatic heterocycles. The summed E-state index contributed by atoms with van der Waals surface area (Å²) in [5, 5.41) is 2.42. The molecular formula is C17H16N2. The van der Waals surface area contributed by atoms with Crippen LogP contribution in [0.4, 0.5) is 5.69 Å². The summed E-state index contributed by atoms with van der Waals surface area (Å²) in [6, 6.07) is 18.9. The second kappa shape index (κ2) is 4.73. The lowest BCUT2D eigenvalue weighted by molar-refractivity contribution is 1.13. The van der Waals surface area contributed by atoms with E-state index in [9.17, 15) is 0 Å². The SMILES string of the molecule is CN(C)c1cccc(-c2nccc3ccccc23)c1. The number of hydrogen-bond acceptors (Lipinski definition) is 2. The summed E-state index contributed by atoms with van der Waals surface area (Å²) in [5.41, 5.74) is 3.39. The van der Waals surface area contributed by atoms with Crippen LogP contribution in [-0.4, -0.2) is 19.1 Å². The van der Waals surface area contributed by atoms with Crippen molar-refractivity contribution in [3.8, 4) is 11.3 Å². The first kappa shape index (κ1) is 11.7. The van der Waals surface area contributed by atoms with Crippen LogP contribution in [0.1, 0.15) is 0 Å².